The van der Waals surface area contributed by atoms with Gasteiger partial charge in [-0.3, -0.25) is 0 Å². The zero-order valence-electron chi connectivity index (χ0n) is 17.2. The standard InChI is InChI=1S/C19H29N5O2S2.HI/c1-5-20-19(23-12-18-21-10-15(4)27-18)22-11-16-6-8-17(9-7-16)13-28(25,26)24-14(2)3;/h6-10,14,24H,5,11-13H2,1-4H3,(H2,20,22,23);1H. The fraction of sp³-hybridized carbons (Fsp3) is 0.474. The van der Waals surface area contributed by atoms with Crippen molar-refractivity contribution in [2.45, 2.75) is 52.6 Å². The van der Waals surface area contributed by atoms with E-state index in [4.69, 9.17) is 0 Å². The number of sulfonamides is 1. The molecule has 0 unspecified atom stereocenters. The Balaban J connectivity index is 0.00000420. The molecule has 0 spiro atoms. The monoisotopic (exact) mass is 551 g/mol. The number of hydrogen-bond acceptors (Lipinski definition) is 5. The second kappa shape index (κ2) is 12.5. The number of hydrogen-bond donors (Lipinski definition) is 3. The van der Waals surface area contributed by atoms with Gasteiger partial charge in [0.25, 0.3) is 0 Å². The van der Waals surface area contributed by atoms with Crippen molar-refractivity contribution >= 4 is 51.3 Å². The van der Waals surface area contributed by atoms with Crippen molar-refractivity contribution in [2.24, 2.45) is 4.99 Å². The first-order valence-corrected chi connectivity index (χ1v) is 11.8. The van der Waals surface area contributed by atoms with Crippen LogP contribution in [0.5, 0.6) is 0 Å². The van der Waals surface area contributed by atoms with Gasteiger partial charge in [-0.05, 0) is 38.8 Å². The molecule has 0 aliphatic rings. The normalized spacial score (nSPS) is 12.0. The summed E-state index contributed by atoms with van der Waals surface area (Å²) in [7, 11) is -3.31. The van der Waals surface area contributed by atoms with E-state index < -0.39 is 10.0 Å². The molecule has 0 amide bonds. The van der Waals surface area contributed by atoms with Crippen molar-refractivity contribution in [2.75, 3.05) is 6.54 Å². The molecule has 0 aliphatic heterocycles. The minimum absolute atomic E-state index is 0. The third kappa shape index (κ3) is 9.87. The van der Waals surface area contributed by atoms with Gasteiger partial charge in [-0.1, -0.05) is 24.3 Å². The molecule has 0 fully saturated rings. The minimum atomic E-state index is -3.31. The van der Waals surface area contributed by atoms with Crippen LogP contribution in [0, 0.1) is 6.92 Å². The Kier molecular flexibility index (Phi) is 11.1. The summed E-state index contributed by atoms with van der Waals surface area (Å²) >= 11 is 1.66. The van der Waals surface area contributed by atoms with E-state index in [1.807, 2.05) is 58.2 Å². The molecule has 0 radical (unpaired) electrons. The number of rotatable bonds is 9. The average Bonchev–Trinajstić information content (AvgIpc) is 3.02. The summed E-state index contributed by atoms with van der Waals surface area (Å²) in [4.78, 5) is 10.1. The molecule has 29 heavy (non-hydrogen) atoms. The molecule has 0 bridgehead atoms. The maximum Gasteiger partial charge on any atom is 0.216 e. The van der Waals surface area contributed by atoms with Gasteiger partial charge in [-0.25, -0.2) is 23.1 Å². The highest BCUT2D eigenvalue weighted by molar-refractivity contribution is 14.0. The number of nitrogens with zero attached hydrogens (tertiary/aromatic N) is 2. The van der Waals surface area contributed by atoms with Gasteiger partial charge in [-0.15, -0.1) is 35.3 Å². The van der Waals surface area contributed by atoms with Gasteiger partial charge in [0.15, 0.2) is 5.96 Å². The number of nitrogens with one attached hydrogen (secondary N) is 3. The van der Waals surface area contributed by atoms with E-state index >= 15 is 0 Å². The number of aromatic nitrogens is 1. The van der Waals surface area contributed by atoms with Crippen LogP contribution in [0.15, 0.2) is 35.5 Å². The fourth-order valence-electron chi connectivity index (χ4n) is 2.52. The molecule has 2 aromatic rings. The molecule has 3 N–H and O–H groups in total. The number of aryl methyl sites for hydroxylation is 1. The summed E-state index contributed by atoms with van der Waals surface area (Å²) in [6.07, 6.45) is 1.87. The molecular weight excluding hydrogens is 521 g/mol. The first-order chi connectivity index (χ1) is 13.3. The number of benzene rings is 1. The summed E-state index contributed by atoms with van der Waals surface area (Å²) in [6.45, 7) is 9.57. The van der Waals surface area contributed by atoms with E-state index in [-0.39, 0.29) is 35.8 Å². The summed E-state index contributed by atoms with van der Waals surface area (Å²) in [6, 6.07) is 7.39. The van der Waals surface area contributed by atoms with E-state index in [1.165, 1.54) is 4.88 Å². The molecular formula is C19H30IN5O2S2. The molecule has 1 heterocycles. The highest BCUT2D eigenvalue weighted by Crippen LogP contribution is 2.11. The Morgan fingerprint density at radius 1 is 1.17 bits per heavy atom. The Morgan fingerprint density at radius 3 is 2.38 bits per heavy atom. The van der Waals surface area contributed by atoms with Gasteiger partial charge in [0, 0.05) is 23.7 Å². The van der Waals surface area contributed by atoms with Crippen LogP contribution in [0.4, 0.5) is 0 Å². The highest BCUT2D eigenvalue weighted by Gasteiger charge is 2.12. The quantitative estimate of drug-likeness (QED) is 0.253. The Morgan fingerprint density at radius 2 is 1.83 bits per heavy atom. The molecule has 162 valence electrons. The first kappa shape index (κ1) is 25.8. The molecule has 1 aromatic heterocycles. The maximum atomic E-state index is 12.0. The van der Waals surface area contributed by atoms with Gasteiger partial charge in [0.2, 0.25) is 10.0 Å². The number of guanidine groups is 1. The minimum Gasteiger partial charge on any atom is -0.357 e. The van der Waals surface area contributed by atoms with E-state index in [1.54, 1.807) is 11.3 Å². The molecule has 10 heteroatoms. The molecule has 0 saturated heterocycles. The summed E-state index contributed by atoms with van der Waals surface area (Å²) < 4.78 is 26.6. The summed E-state index contributed by atoms with van der Waals surface area (Å²) in [5, 5.41) is 7.52. The van der Waals surface area contributed by atoms with Crippen molar-refractivity contribution in [3.05, 3.63) is 51.5 Å². The third-order valence-corrected chi connectivity index (χ3v) is 6.09. The van der Waals surface area contributed by atoms with Crippen LogP contribution < -0.4 is 15.4 Å². The zero-order valence-corrected chi connectivity index (χ0v) is 21.2. The lowest BCUT2D eigenvalue weighted by molar-refractivity contribution is 0.569. The van der Waals surface area contributed by atoms with Crippen molar-refractivity contribution < 1.29 is 8.42 Å². The molecule has 1 aromatic carbocycles. The van der Waals surface area contributed by atoms with E-state index in [0.29, 0.717) is 13.1 Å². The number of aliphatic imine (C=N–C) groups is 1. The van der Waals surface area contributed by atoms with Crippen molar-refractivity contribution in [3.8, 4) is 0 Å². The Bertz CT molecular complexity index is 880. The van der Waals surface area contributed by atoms with Gasteiger partial charge < -0.3 is 10.6 Å². The summed E-state index contributed by atoms with van der Waals surface area (Å²) in [5.74, 6) is 0.703. The third-order valence-electron chi connectivity index (χ3n) is 3.64. The first-order valence-electron chi connectivity index (χ1n) is 9.28. The number of halogens is 1. The lowest BCUT2D eigenvalue weighted by Gasteiger charge is -2.11. The Labute approximate surface area is 194 Å². The molecule has 7 nitrogen and oxygen atoms in total. The Hall–Kier alpha value is -1.24. The largest absolute Gasteiger partial charge is 0.357 e. The van der Waals surface area contributed by atoms with Crippen LogP contribution in [-0.2, 0) is 28.9 Å². The van der Waals surface area contributed by atoms with E-state index in [9.17, 15) is 8.42 Å². The molecule has 0 aliphatic carbocycles. The molecule has 0 saturated carbocycles. The molecule has 0 atom stereocenters. The maximum absolute atomic E-state index is 12.0. The SMILES string of the molecule is CCNC(=NCc1ccc(CS(=O)(=O)NC(C)C)cc1)NCc1ncc(C)s1.I. The van der Waals surface area contributed by atoms with Gasteiger partial charge >= 0.3 is 0 Å². The van der Waals surface area contributed by atoms with Crippen LogP contribution in [0.1, 0.15) is 41.8 Å². The fourth-order valence-corrected chi connectivity index (χ4v) is 4.68. The average molecular weight is 552 g/mol. The summed E-state index contributed by atoms with van der Waals surface area (Å²) in [5.41, 5.74) is 1.77. The lowest BCUT2D eigenvalue weighted by atomic mass is 10.1. The highest BCUT2D eigenvalue weighted by atomic mass is 127. The van der Waals surface area contributed by atoms with Gasteiger partial charge in [0.1, 0.15) is 5.01 Å². The van der Waals surface area contributed by atoms with E-state index in [2.05, 4.69) is 25.3 Å². The molecule has 2 rings (SSSR count). The zero-order chi connectivity index (χ0) is 20.6. The topological polar surface area (TPSA) is 95.5 Å². The number of thiazole rings is 1. The predicted molar refractivity (Wildman–Crippen MR) is 131 cm³/mol. The van der Waals surface area contributed by atoms with Gasteiger partial charge in [0.05, 0.1) is 18.8 Å². The van der Waals surface area contributed by atoms with Gasteiger partial charge in [-0.2, -0.15) is 0 Å². The van der Waals surface area contributed by atoms with Crippen LogP contribution in [-0.4, -0.2) is 31.9 Å². The van der Waals surface area contributed by atoms with Crippen molar-refractivity contribution in [1.29, 1.82) is 0 Å². The van der Waals surface area contributed by atoms with Crippen LogP contribution in [0.25, 0.3) is 0 Å². The predicted octanol–water partition coefficient (Wildman–Crippen LogP) is 3.15. The second-order valence-electron chi connectivity index (χ2n) is 6.76. The van der Waals surface area contributed by atoms with Crippen LogP contribution in [0.2, 0.25) is 0 Å². The van der Waals surface area contributed by atoms with Crippen LogP contribution >= 0.6 is 35.3 Å². The smallest absolute Gasteiger partial charge is 0.216 e. The lowest BCUT2D eigenvalue weighted by Crippen LogP contribution is -2.36. The second-order valence-corrected chi connectivity index (χ2v) is 9.83. The van der Waals surface area contributed by atoms with Crippen molar-refractivity contribution in [1.82, 2.24) is 20.3 Å². The van der Waals surface area contributed by atoms with Crippen molar-refractivity contribution in [3.63, 3.8) is 0 Å². The van der Waals surface area contributed by atoms with E-state index in [0.717, 1.165) is 28.6 Å². The van der Waals surface area contributed by atoms with Crippen LogP contribution in [0.3, 0.4) is 0 Å².